The molecule has 0 bridgehead atoms. The molecule has 0 spiro atoms. The Morgan fingerprint density at radius 1 is 1.42 bits per heavy atom. The zero-order chi connectivity index (χ0) is 13.9. The fourth-order valence-corrected chi connectivity index (χ4v) is 3.59. The quantitative estimate of drug-likeness (QED) is 0.754. The topological polar surface area (TPSA) is 92.9 Å². The molecule has 1 amide bonds. The number of carboxylic acids is 1. The van der Waals surface area contributed by atoms with Gasteiger partial charge in [-0.2, -0.15) is 11.8 Å². The van der Waals surface area contributed by atoms with Crippen LogP contribution in [0.4, 0.5) is 0 Å². The van der Waals surface area contributed by atoms with E-state index >= 15 is 0 Å². The molecule has 1 atom stereocenters. The minimum atomic E-state index is -0.878. The summed E-state index contributed by atoms with van der Waals surface area (Å²) in [5.74, 6) is 0.532. The maximum absolute atomic E-state index is 12.6. The van der Waals surface area contributed by atoms with Crippen molar-refractivity contribution < 1.29 is 19.4 Å². The average molecular weight is 288 g/mol. The van der Waals surface area contributed by atoms with Gasteiger partial charge < -0.3 is 20.5 Å². The Balaban J connectivity index is 2.08. The van der Waals surface area contributed by atoms with Crippen LogP contribution in [-0.2, 0) is 14.3 Å². The highest BCUT2D eigenvalue weighted by atomic mass is 32.2. The van der Waals surface area contributed by atoms with E-state index in [9.17, 15) is 9.59 Å². The van der Waals surface area contributed by atoms with Crippen molar-refractivity contribution in [1.29, 1.82) is 0 Å². The summed E-state index contributed by atoms with van der Waals surface area (Å²) in [5.41, 5.74) is 5.32. The highest BCUT2D eigenvalue weighted by Gasteiger charge is 2.42. The molecular weight excluding hydrogens is 268 g/mol. The maximum Gasteiger partial charge on any atom is 0.305 e. The van der Waals surface area contributed by atoms with Crippen molar-refractivity contribution in [3.8, 4) is 0 Å². The Kier molecular flexibility index (Phi) is 4.70. The summed E-state index contributed by atoms with van der Waals surface area (Å²) in [6.07, 6.45) is 1.01. The van der Waals surface area contributed by atoms with Crippen LogP contribution in [-0.4, -0.2) is 64.7 Å². The van der Waals surface area contributed by atoms with Crippen LogP contribution in [0.2, 0.25) is 0 Å². The molecular formula is C12H20N2O4S. The van der Waals surface area contributed by atoms with Gasteiger partial charge in [0, 0.05) is 31.3 Å². The van der Waals surface area contributed by atoms with Gasteiger partial charge in [0.05, 0.1) is 18.0 Å². The fourth-order valence-electron chi connectivity index (χ4n) is 2.53. The van der Waals surface area contributed by atoms with Crippen molar-refractivity contribution in [3.05, 3.63) is 0 Å². The van der Waals surface area contributed by atoms with Crippen LogP contribution in [0.15, 0.2) is 0 Å². The molecule has 6 nitrogen and oxygen atoms in total. The Morgan fingerprint density at radius 3 is 2.74 bits per heavy atom. The van der Waals surface area contributed by atoms with Crippen molar-refractivity contribution >= 4 is 23.6 Å². The van der Waals surface area contributed by atoms with Crippen molar-refractivity contribution in [1.82, 2.24) is 4.90 Å². The molecule has 2 aliphatic heterocycles. The highest BCUT2D eigenvalue weighted by molar-refractivity contribution is 7.99. The fraction of sp³-hybridized carbons (Fsp3) is 0.833. The SMILES string of the molecule is NC1(C(=O)N2CCSCC2CC(=O)O)CCOCC1. The number of carbonyl (C=O) groups is 2. The first-order chi connectivity index (χ1) is 9.03. The van der Waals surface area contributed by atoms with Crippen LogP contribution in [0.3, 0.4) is 0 Å². The van der Waals surface area contributed by atoms with Crippen LogP contribution in [0.1, 0.15) is 19.3 Å². The molecule has 0 aliphatic carbocycles. The van der Waals surface area contributed by atoms with Crippen molar-refractivity contribution in [2.45, 2.75) is 30.8 Å². The lowest BCUT2D eigenvalue weighted by molar-refractivity contribution is -0.145. The Bertz CT molecular complexity index is 358. The molecule has 19 heavy (non-hydrogen) atoms. The van der Waals surface area contributed by atoms with E-state index < -0.39 is 11.5 Å². The largest absolute Gasteiger partial charge is 0.481 e. The van der Waals surface area contributed by atoms with Gasteiger partial charge in [-0.25, -0.2) is 0 Å². The molecule has 2 saturated heterocycles. The van der Waals surface area contributed by atoms with Gasteiger partial charge in [0.15, 0.2) is 0 Å². The Morgan fingerprint density at radius 2 is 2.11 bits per heavy atom. The number of nitrogens with zero attached hydrogens (tertiary/aromatic N) is 1. The third-order valence-electron chi connectivity index (χ3n) is 3.71. The second-order valence-corrected chi connectivity index (χ2v) is 6.24. The van der Waals surface area contributed by atoms with E-state index in [1.54, 1.807) is 16.7 Å². The number of amides is 1. The van der Waals surface area contributed by atoms with Crippen LogP contribution in [0, 0.1) is 0 Å². The summed E-state index contributed by atoms with van der Waals surface area (Å²) < 4.78 is 5.24. The van der Waals surface area contributed by atoms with E-state index in [1.807, 2.05) is 0 Å². The van der Waals surface area contributed by atoms with Gasteiger partial charge in [-0.3, -0.25) is 9.59 Å². The number of aliphatic carboxylic acids is 1. The van der Waals surface area contributed by atoms with Crippen molar-refractivity contribution in [2.75, 3.05) is 31.3 Å². The molecule has 7 heteroatoms. The standard InChI is InChI=1S/C12H20N2O4S/c13-12(1-4-18-5-2-12)11(17)14-3-6-19-8-9(14)7-10(15)16/h9H,1-8,13H2,(H,15,16). The molecule has 2 heterocycles. The molecule has 3 N–H and O–H groups in total. The van der Waals surface area contributed by atoms with Crippen LogP contribution >= 0.6 is 11.8 Å². The van der Waals surface area contributed by atoms with Crippen LogP contribution in [0.5, 0.6) is 0 Å². The van der Waals surface area contributed by atoms with Gasteiger partial charge in [-0.1, -0.05) is 0 Å². The summed E-state index contributed by atoms with van der Waals surface area (Å²) in [4.78, 5) is 25.2. The van der Waals surface area contributed by atoms with Crippen LogP contribution in [0.25, 0.3) is 0 Å². The molecule has 2 rings (SSSR count). The second kappa shape index (κ2) is 6.11. The van der Waals surface area contributed by atoms with E-state index in [-0.39, 0.29) is 18.4 Å². The van der Waals surface area contributed by atoms with E-state index in [0.717, 1.165) is 5.75 Å². The number of hydrogen-bond donors (Lipinski definition) is 2. The van der Waals surface area contributed by atoms with Gasteiger partial charge in [0.25, 0.3) is 0 Å². The van der Waals surface area contributed by atoms with E-state index in [0.29, 0.717) is 38.4 Å². The predicted molar refractivity (Wildman–Crippen MR) is 72.1 cm³/mol. The smallest absolute Gasteiger partial charge is 0.305 e. The summed E-state index contributed by atoms with van der Waals surface area (Å²) >= 11 is 1.69. The lowest BCUT2D eigenvalue weighted by atomic mass is 9.89. The average Bonchev–Trinajstić information content (AvgIpc) is 2.39. The zero-order valence-corrected chi connectivity index (χ0v) is 11.7. The summed E-state index contributed by atoms with van der Waals surface area (Å²) in [6, 6.07) is -0.244. The molecule has 0 aromatic carbocycles. The van der Waals surface area contributed by atoms with Gasteiger partial charge in [0.2, 0.25) is 5.91 Å². The lowest BCUT2D eigenvalue weighted by Gasteiger charge is -2.41. The number of rotatable bonds is 3. The number of hydrogen-bond acceptors (Lipinski definition) is 5. The van der Waals surface area contributed by atoms with Crippen molar-refractivity contribution in [2.24, 2.45) is 5.73 Å². The third kappa shape index (κ3) is 3.40. The molecule has 2 aliphatic rings. The summed E-state index contributed by atoms with van der Waals surface area (Å²) in [5, 5.41) is 8.94. The first-order valence-electron chi connectivity index (χ1n) is 6.50. The van der Waals surface area contributed by atoms with E-state index in [4.69, 9.17) is 15.6 Å². The van der Waals surface area contributed by atoms with E-state index in [2.05, 4.69) is 0 Å². The van der Waals surface area contributed by atoms with Gasteiger partial charge in [0.1, 0.15) is 0 Å². The summed E-state index contributed by atoms with van der Waals surface area (Å²) in [7, 11) is 0. The normalized spacial score (nSPS) is 27.0. The number of nitrogens with two attached hydrogens (primary N) is 1. The van der Waals surface area contributed by atoms with Crippen LogP contribution < -0.4 is 5.73 Å². The highest BCUT2D eigenvalue weighted by Crippen LogP contribution is 2.26. The number of ether oxygens (including phenoxy) is 1. The summed E-state index contributed by atoms with van der Waals surface area (Å²) in [6.45, 7) is 1.57. The molecule has 0 aromatic rings. The van der Waals surface area contributed by atoms with Crippen molar-refractivity contribution in [3.63, 3.8) is 0 Å². The molecule has 108 valence electrons. The number of carbonyl (C=O) groups excluding carboxylic acids is 1. The third-order valence-corrected chi connectivity index (χ3v) is 4.80. The Hall–Kier alpha value is -0.790. The monoisotopic (exact) mass is 288 g/mol. The molecule has 1 unspecified atom stereocenters. The first kappa shape index (κ1) is 14.6. The minimum absolute atomic E-state index is 0.00861. The van der Waals surface area contributed by atoms with Gasteiger partial charge >= 0.3 is 5.97 Å². The number of thioether (sulfide) groups is 1. The Labute approximate surface area is 116 Å². The minimum Gasteiger partial charge on any atom is -0.481 e. The van der Waals surface area contributed by atoms with E-state index in [1.165, 1.54) is 0 Å². The molecule has 0 radical (unpaired) electrons. The second-order valence-electron chi connectivity index (χ2n) is 5.09. The number of carboxylic acid groups (broad SMARTS) is 1. The molecule has 2 fully saturated rings. The molecule has 0 saturated carbocycles. The van der Waals surface area contributed by atoms with Gasteiger partial charge in [-0.15, -0.1) is 0 Å². The molecule has 0 aromatic heterocycles. The first-order valence-corrected chi connectivity index (χ1v) is 7.66. The predicted octanol–water partition coefficient (Wildman–Crippen LogP) is -0.0870. The van der Waals surface area contributed by atoms with Gasteiger partial charge in [-0.05, 0) is 12.8 Å². The lowest BCUT2D eigenvalue weighted by Crippen LogP contribution is -2.61. The zero-order valence-electron chi connectivity index (χ0n) is 10.8. The maximum atomic E-state index is 12.6.